The minimum atomic E-state index is -3.84. The Balaban J connectivity index is 1.51. The third-order valence-corrected chi connectivity index (χ3v) is 6.43. The molecule has 9 heteroatoms. The number of nitrogens with one attached hydrogen (secondary N) is 2. The number of piperidine rings is 1. The molecule has 3 heterocycles. The summed E-state index contributed by atoms with van der Waals surface area (Å²) < 4.78 is 33.4. The Bertz CT molecular complexity index is 1140. The van der Waals surface area contributed by atoms with Gasteiger partial charge in [0.05, 0.1) is 11.8 Å². The summed E-state index contributed by atoms with van der Waals surface area (Å²) >= 11 is 0. The number of H-pyrrole nitrogens is 1. The van der Waals surface area contributed by atoms with Crippen molar-refractivity contribution >= 4 is 15.9 Å². The molecule has 0 radical (unpaired) electrons. The van der Waals surface area contributed by atoms with Crippen LogP contribution in [0.3, 0.4) is 0 Å². The molecule has 0 saturated carbocycles. The van der Waals surface area contributed by atoms with Crippen molar-refractivity contribution in [2.75, 3.05) is 13.1 Å². The number of aromatic amines is 1. The summed E-state index contributed by atoms with van der Waals surface area (Å²) in [5, 5.41) is 6.53. The lowest BCUT2D eigenvalue weighted by Gasteiger charge is -2.26. The van der Waals surface area contributed by atoms with Gasteiger partial charge in [-0.05, 0) is 43.9 Å². The van der Waals surface area contributed by atoms with Crippen LogP contribution in [0, 0.1) is 6.92 Å². The zero-order valence-electron chi connectivity index (χ0n) is 16.7. The van der Waals surface area contributed by atoms with E-state index >= 15 is 0 Å². The van der Waals surface area contributed by atoms with E-state index in [-0.39, 0.29) is 23.3 Å². The first-order valence-electron chi connectivity index (χ1n) is 9.92. The summed E-state index contributed by atoms with van der Waals surface area (Å²) in [5.41, 5.74) is 2.67. The lowest BCUT2D eigenvalue weighted by atomic mass is 10.1. The predicted molar refractivity (Wildman–Crippen MR) is 111 cm³/mol. The average molecular weight is 429 g/mol. The maximum atomic E-state index is 12.8. The summed E-state index contributed by atoms with van der Waals surface area (Å²) in [6.07, 6.45) is 4.54. The third kappa shape index (κ3) is 4.31. The molecule has 4 rings (SSSR count). The van der Waals surface area contributed by atoms with Crippen LogP contribution in [0.1, 0.15) is 40.7 Å². The second-order valence-corrected chi connectivity index (χ2v) is 9.14. The summed E-state index contributed by atoms with van der Waals surface area (Å²) in [6.45, 7) is 3.53. The van der Waals surface area contributed by atoms with Crippen molar-refractivity contribution in [1.82, 2.24) is 19.8 Å². The van der Waals surface area contributed by atoms with Crippen LogP contribution in [-0.4, -0.2) is 42.5 Å². The van der Waals surface area contributed by atoms with Gasteiger partial charge < -0.3 is 9.32 Å². The fourth-order valence-corrected chi connectivity index (χ4v) is 4.52. The van der Waals surface area contributed by atoms with E-state index in [9.17, 15) is 13.2 Å². The lowest BCUT2D eigenvalue weighted by molar-refractivity contribution is 0.0725. The highest BCUT2D eigenvalue weighted by Gasteiger charge is 2.26. The molecule has 8 nitrogen and oxygen atoms in total. The first-order chi connectivity index (χ1) is 14.4. The molecule has 2 aromatic heterocycles. The van der Waals surface area contributed by atoms with Crippen molar-refractivity contribution in [1.29, 1.82) is 0 Å². The van der Waals surface area contributed by atoms with E-state index < -0.39 is 10.0 Å². The van der Waals surface area contributed by atoms with Crippen molar-refractivity contribution in [3.63, 3.8) is 0 Å². The largest absolute Gasteiger partial charge is 0.442 e. The standard InChI is InChI=1S/C21H24N4O4S/c1-15-6-5-7-16(12-15)13-23-30(27,28)19-9-8-18(29-19)20-17(14-22-24-20)21(26)25-10-3-2-4-11-25/h5-9,12,14,23H,2-4,10-11,13H2,1H3,(H,22,24). The molecule has 30 heavy (non-hydrogen) atoms. The number of carbonyl (C=O) groups excluding carboxylic acids is 1. The van der Waals surface area contributed by atoms with E-state index in [0.29, 0.717) is 24.3 Å². The maximum Gasteiger partial charge on any atom is 0.274 e. The number of aryl methyl sites for hydroxylation is 1. The molecule has 0 unspecified atom stereocenters. The summed E-state index contributed by atoms with van der Waals surface area (Å²) in [5.74, 6) is 0.126. The Morgan fingerprint density at radius 3 is 2.77 bits per heavy atom. The second-order valence-electron chi connectivity index (χ2n) is 7.44. The number of sulfonamides is 1. The Morgan fingerprint density at radius 1 is 1.20 bits per heavy atom. The molecule has 0 aliphatic carbocycles. The molecule has 1 aliphatic heterocycles. The molecular weight excluding hydrogens is 404 g/mol. The Morgan fingerprint density at radius 2 is 2.00 bits per heavy atom. The second kappa shape index (κ2) is 8.45. The van der Waals surface area contributed by atoms with Crippen molar-refractivity contribution in [2.45, 2.75) is 37.8 Å². The van der Waals surface area contributed by atoms with Gasteiger partial charge in [0.2, 0.25) is 5.09 Å². The molecule has 1 fully saturated rings. The fourth-order valence-electron chi connectivity index (χ4n) is 3.57. The number of likely N-dealkylation sites (tertiary alicyclic amines) is 1. The van der Waals surface area contributed by atoms with E-state index in [1.165, 1.54) is 18.3 Å². The van der Waals surface area contributed by atoms with Gasteiger partial charge in [0.25, 0.3) is 15.9 Å². The van der Waals surface area contributed by atoms with E-state index in [2.05, 4.69) is 14.9 Å². The predicted octanol–water partition coefficient (Wildman–Crippen LogP) is 3.08. The molecule has 1 saturated heterocycles. The SMILES string of the molecule is Cc1cccc(CNS(=O)(=O)c2ccc(-c3[nH]ncc3C(=O)N3CCCCC3)o2)c1. The van der Waals surface area contributed by atoms with Crippen LogP contribution in [-0.2, 0) is 16.6 Å². The van der Waals surface area contributed by atoms with Gasteiger partial charge in [-0.2, -0.15) is 5.10 Å². The summed E-state index contributed by atoms with van der Waals surface area (Å²) in [7, 11) is -3.84. The highest BCUT2D eigenvalue weighted by Crippen LogP contribution is 2.27. The topological polar surface area (TPSA) is 108 Å². The third-order valence-electron chi connectivity index (χ3n) is 5.15. The maximum absolute atomic E-state index is 12.8. The van der Waals surface area contributed by atoms with Crippen LogP contribution < -0.4 is 4.72 Å². The molecule has 3 aromatic rings. The number of hydrogen-bond donors (Lipinski definition) is 2. The van der Waals surface area contributed by atoms with Crippen molar-refractivity contribution in [2.24, 2.45) is 0 Å². The van der Waals surface area contributed by atoms with Crippen LogP contribution in [0.15, 0.2) is 52.1 Å². The number of rotatable bonds is 6. The molecular formula is C21H24N4O4S. The molecule has 0 spiro atoms. The van der Waals surface area contributed by atoms with Gasteiger partial charge in [0.1, 0.15) is 5.69 Å². The Hall–Kier alpha value is -2.91. The molecule has 0 atom stereocenters. The number of aromatic nitrogens is 2. The van der Waals surface area contributed by atoms with E-state index in [4.69, 9.17) is 4.42 Å². The van der Waals surface area contributed by atoms with Gasteiger partial charge in [0, 0.05) is 19.6 Å². The number of nitrogens with zero attached hydrogens (tertiary/aromatic N) is 2. The van der Waals surface area contributed by atoms with Gasteiger partial charge in [-0.15, -0.1) is 0 Å². The number of amides is 1. The lowest BCUT2D eigenvalue weighted by Crippen LogP contribution is -2.35. The molecule has 158 valence electrons. The van der Waals surface area contributed by atoms with Gasteiger partial charge >= 0.3 is 0 Å². The van der Waals surface area contributed by atoms with Crippen LogP contribution in [0.2, 0.25) is 0 Å². The fraction of sp³-hybridized carbons (Fsp3) is 0.333. The monoisotopic (exact) mass is 428 g/mol. The highest BCUT2D eigenvalue weighted by molar-refractivity contribution is 7.89. The van der Waals surface area contributed by atoms with Crippen LogP contribution >= 0.6 is 0 Å². The van der Waals surface area contributed by atoms with E-state index in [0.717, 1.165) is 30.4 Å². The van der Waals surface area contributed by atoms with Crippen molar-refractivity contribution < 1.29 is 17.6 Å². The molecule has 1 aliphatic rings. The number of hydrogen-bond acceptors (Lipinski definition) is 5. The summed E-state index contributed by atoms with van der Waals surface area (Å²) in [4.78, 5) is 14.6. The Kier molecular flexibility index (Phi) is 5.74. The van der Waals surface area contributed by atoms with Crippen LogP contribution in [0.25, 0.3) is 11.5 Å². The first kappa shape index (κ1) is 20.4. The molecule has 2 N–H and O–H groups in total. The Labute approximate surface area is 175 Å². The van der Waals surface area contributed by atoms with E-state index in [1.54, 1.807) is 4.90 Å². The van der Waals surface area contributed by atoms with Crippen LogP contribution in [0.4, 0.5) is 0 Å². The minimum absolute atomic E-state index is 0.128. The molecule has 1 aromatic carbocycles. The summed E-state index contributed by atoms with van der Waals surface area (Å²) in [6, 6.07) is 10.5. The number of furan rings is 1. The number of benzene rings is 1. The smallest absolute Gasteiger partial charge is 0.274 e. The van der Waals surface area contributed by atoms with Gasteiger partial charge in [-0.3, -0.25) is 9.89 Å². The van der Waals surface area contributed by atoms with E-state index in [1.807, 2.05) is 31.2 Å². The quantitative estimate of drug-likeness (QED) is 0.627. The average Bonchev–Trinajstić information content (AvgIpc) is 3.42. The number of carbonyl (C=O) groups is 1. The van der Waals surface area contributed by atoms with Gasteiger partial charge in [-0.25, -0.2) is 13.1 Å². The normalized spacial score (nSPS) is 14.8. The van der Waals surface area contributed by atoms with Crippen molar-refractivity contribution in [3.8, 4) is 11.5 Å². The zero-order chi connectivity index (χ0) is 21.1. The molecule has 0 bridgehead atoms. The zero-order valence-corrected chi connectivity index (χ0v) is 17.5. The molecule has 1 amide bonds. The van der Waals surface area contributed by atoms with Crippen molar-refractivity contribution in [3.05, 3.63) is 59.3 Å². The van der Waals surface area contributed by atoms with Gasteiger partial charge in [-0.1, -0.05) is 29.8 Å². The minimum Gasteiger partial charge on any atom is -0.442 e. The van der Waals surface area contributed by atoms with Crippen LogP contribution in [0.5, 0.6) is 0 Å². The highest BCUT2D eigenvalue weighted by atomic mass is 32.2. The van der Waals surface area contributed by atoms with Gasteiger partial charge in [0.15, 0.2) is 5.76 Å². The first-order valence-corrected chi connectivity index (χ1v) is 11.4.